The zero-order valence-electron chi connectivity index (χ0n) is 13.6. The van der Waals surface area contributed by atoms with Gasteiger partial charge in [0.2, 0.25) is 0 Å². The highest BCUT2D eigenvalue weighted by Gasteiger charge is 2.07. The van der Waals surface area contributed by atoms with E-state index < -0.39 is 10.9 Å². The molecule has 7 heteroatoms. The first kappa shape index (κ1) is 17.5. The van der Waals surface area contributed by atoms with Crippen molar-refractivity contribution >= 4 is 29.1 Å². The number of rotatable bonds is 6. The lowest BCUT2D eigenvalue weighted by Gasteiger charge is -1.99. The second-order valence-corrected chi connectivity index (χ2v) is 6.16. The minimum atomic E-state index is -0.536. The Hall–Kier alpha value is -3.32. The molecule has 3 aromatic rings. The molecule has 0 aliphatic heterocycles. The van der Waals surface area contributed by atoms with Gasteiger partial charge in [-0.2, -0.15) is 0 Å². The highest BCUT2D eigenvalue weighted by molar-refractivity contribution is 7.13. The molecule has 1 aromatic heterocycles. The number of ether oxygens (including phenoxy) is 1. The average molecular weight is 366 g/mol. The van der Waals surface area contributed by atoms with E-state index in [0.717, 1.165) is 10.6 Å². The van der Waals surface area contributed by atoms with Gasteiger partial charge >= 0.3 is 5.97 Å². The van der Waals surface area contributed by atoms with Crippen LogP contribution in [-0.4, -0.2) is 15.9 Å². The summed E-state index contributed by atoms with van der Waals surface area (Å²) in [6.07, 6.45) is 2.72. The maximum atomic E-state index is 11.8. The number of hydrogen-bond acceptors (Lipinski definition) is 6. The molecular formula is C19H14N2O4S. The standard InChI is InChI=1S/C19H14N2O4S/c22-18(10-9-14-5-4-8-17(11-14)21(23)24)25-12-16-13-26-19(20-16)15-6-2-1-3-7-15/h1-11,13H,12H2. The molecule has 2 aromatic carbocycles. The Morgan fingerprint density at radius 3 is 2.77 bits per heavy atom. The van der Waals surface area contributed by atoms with Gasteiger partial charge in [0.25, 0.3) is 5.69 Å². The van der Waals surface area contributed by atoms with Crippen molar-refractivity contribution in [2.24, 2.45) is 0 Å². The predicted molar refractivity (Wildman–Crippen MR) is 99.5 cm³/mol. The van der Waals surface area contributed by atoms with Crippen molar-refractivity contribution in [2.45, 2.75) is 6.61 Å². The maximum absolute atomic E-state index is 11.8. The fourth-order valence-electron chi connectivity index (χ4n) is 2.19. The molecule has 0 unspecified atom stereocenters. The van der Waals surface area contributed by atoms with Crippen LogP contribution in [0, 0.1) is 10.1 Å². The van der Waals surface area contributed by atoms with Gasteiger partial charge in [-0.25, -0.2) is 9.78 Å². The molecule has 0 saturated carbocycles. The van der Waals surface area contributed by atoms with E-state index in [4.69, 9.17) is 4.74 Å². The van der Waals surface area contributed by atoms with Gasteiger partial charge < -0.3 is 4.74 Å². The molecule has 0 radical (unpaired) electrons. The van der Waals surface area contributed by atoms with Gasteiger partial charge in [-0.15, -0.1) is 11.3 Å². The molecule has 0 spiro atoms. The summed E-state index contributed by atoms with van der Waals surface area (Å²) in [5, 5.41) is 13.5. The quantitative estimate of drug-likeness (QED) is 0.278. The Morgan fingerprint density at radius 1 is 1.19 bits per heavy atom. The topological polar surface area (TPSA) is 82.3 Å². The number of carbonyl (C=O) groups is 1. The monoisotopic (exact) mass is 366 g/mol. The summed E-state index contributed by atoms with van der Waals surface area (Å²) >= 11 is 1.48. The lowest BCUT2D eigenvalue weighted by atomic mass is 10.2. The Balaban J connectivity index is 1.57. The van der Waals surface area contributed by atoms with Gasteiger partial charge in [0.15, 0.2) is 0 Å². The number of hydrogen-bond donors (Lipinski definition) is 0. The SMILES string of the molecule is O=C(C=Cc1cccc([N+](=O)[O-])c1)OCc1csc(-c2ccccc2)n1. The smallest absolute Gasteiger partial charge is 0.331 e. The molecule has 1 heterocycles. The Kier molecular flexibility index (Phi) is 5.50. The number of carbonyl (C=O) groups excluding carboxylic acids is 1. The van der Waals surface area contributed by atoms with Crippen LogP contribution in [0.15, 0.2) is 66.1 Å². The maximum Gasteiger partial charge on any atom is 0.331 e. The summed E-state index contributed by atoms with van der Waals surface area (Å²) in [5.41, 5.74) is 2.21. The van der Waals surface area contributed by atoms with Crippen molar-refractivity contribution < 1.29 is 14.5 Å². The van der Waals surface area contributed by atoms with Gasteiger partial charge in [-0.3, -0.25) is 10.1 Å². The van der Waals surface area contributed by atoms with Crippen molar-refractivity contribution in [1.82, 2.24) is 4.98 Å². The molecule has 0 fully saturated rings. The van der Waals surface area contributed by atoms with E-state index in [9.17, 15) is 14.9 Å². The first-order valence-corrected chi connectivity index (χ1v) is 8.59. The summed E-state index contributed by atoms with van der Waals surface area (Å²) in [5.74, 6) is -0.536. The number of non-ortho nitro benzene ring substituents is 1. The summed E-state index contributed by atoms with van der Waals surface area (Å²) in [7, 11) is 0. The average Bonchev–Trinajstić information content (AvgIpc) is 3.15. The van der Waals surface area contributed by atoms with Crippen LogP contribution < -0.4 is 0 Å². The first-order chi connectivity index (χ1) is 12.6. The second-order valence-electron chi connectivity index (χ2n) is 5.30. The molecule has 0 aliphatic carbocycles. The van der Waals surface area contributed by atoms with Crippen LogP contribution in [0.4, 0.5) is 5.69 Å². The van der Waals surface area contributed by atoms with Crippen molar-refractivity contribution in [2.75, 3.05) is 0 Å². The number of nitro groups is 1. The van der Waals surface area contributed by atoms with Gasteiger partial charge in [-0.05, 0) is 11.6 Å². The van der Waals surface area contributed by atoms with Crippen LogP contribution in [0.3, 0.4) is 0 Å². The number of nitrogens with zero attached hydrogens (tertiary/aromatic N) is 2. The van der Waals surface area contributed by atoms with E-state index in [1.54, 1.807) is 12.1 Å². The third kappa shape index (κ3) is 4.61. The normalized spacial score (nSPS) is 10.8. The van der Waals surface area contributed by atoms with Crippen molar-refractivity contribution in [3.05, 3.63) is 87.4 Å². The van der Waals surface area contributed by atoms with E-state index >= 15 is 0 Å². The van der Waals surface area contributed by atoms with E-state index in [2.05, 4.69) is 4.98 Å². The minimum Gasteiger partial charge on any atom is -0.456 e. The lowest BCUT2D eigenvalue weighted by molar-refractivity contribution is -0.384. The van der Waals surface area contributed by atoms with Crippen LogP contribution in [0.2, 0.25) is 0 Å². The molecule has 3 rings (SSSR count). The van der Waals surface area contributed by atoms with Crippen LogP contribution in [0.25, 0.3) is 16.6 Å². The van der Waals surface area contributed by atoms with Gasteiger partial charge in [-0.1, -0.05) is 42.5 Å². The lowest BCUT2D eigenvalue weighted by Crippen LogP contribution is -2.01. The molecule has 0 amide bonds. The zero-order chi connectivity index (χ0) is 18.4. The van der Waals surface area contributed by atoms with Gasteiger partial charge in [0.05, 0.1) is 10.6 Å². The Bertz CT molecular complexity index is 951. The third-order valence-corrected chi connectivity index (χ3v) is 4.37. The number of thiazole rings is 1. The molecule has 0 bridgehead atoms. The fourth-order valence-corrected chi connectivity index (χ4v) is 3.00. The Morgan fingerprint density at radius 2 is 2.00 bits per heavy atom. The number of benzene rings is 2. The van der Waals surface area contributed by atoms with Crippen LogP contribution in [0.5, 0.6) is 0 Å². The highest BCUT2D eigenvalue weighted by atomic mass is 32.1. The highest BCUT2D eigenvalue weighted by Crippen LogP contribution is 2.23. The largest absolute Gasteiger partial charge is 0.456 e. The molecule has 130 valence electrons. The minimum absolute atomic E-state index is 0.0311. The van der Waals surface area contributed by atoms with E-state index in [-0.39, 0.29) is 12.3 Å². The van der Waals surface area contributed by atoms with Crippen LogP contribution >= 0.6 is 11.3 Å². The Labute approximate surface area is 153 Å². The summed E-state index contributed by atoms with van der Waals surface area (Å²) in [6, 6.07) is 15.8. The van der Waals surface area contributed by atoms with Crippen molar-refractivity contribution in [1.29, 1.82) is 0 Å². The third-order valence-electron chi connectivity index (χ3n) is 3.43. The zero-order valence-corrected chi connectivity index (χ0v) is 14.4. The first-order valence-electron chi connectivity index (χ1n) is 7.71. The van der Waals surface area contributed by atoms with Crippen molar-refractivity contribution in [3.63, 3.8) is 0 Å². The summed E-state index contributed by atoms with van der Waals surface area (Å²) in [4.78, 5) is 26.5. The predicted octanol–water partition coefficient (Wildman–Crippen LogP) is 4.47. The summed E-state index contributed by atoms with van der Waals surface area (Å²) in [6.45, 7) is 0.0709. The second kappa shape index (κ2) is 8.17. The number of nitro benzene ring substituents is 1. The van der Waals surface area contributed by atoms with Gasteiger partial charge in [0, 0.05) is 29.2 Å². The van der Waals surface area contributed by atoms with Gasteiger partial charge in [0.1, 0.15) is 11.6 Å². The molecule has 0 N–H and O–H groups in total. The summed E-state index contributed by atoms with van der Waals surface area (Å²) < 4.78 is 5.16. The fraction of sp³-hybridized carbons (Fsp3) is 0.0526. The van der Waals surface area contributed by atoms with Crippen LogP contribution in [0.1, 0.15) is 11.3 Å². The van der Waals surface area contributed by atoms with Crippen molar-refractivity contribution in [3.8, 4) is 10.6 Å². The molecule has 0 atom stereocenters. The molecule has 0 saturated heterocycles. The molecule has 26 heavy (non-hydrogen) atoms. The molecule has 6 nitrogen and oxygen atoms in total. The van der Waals surface area contributed by atoms with E-state index in [1.807, 2.05) is 35.7 Å². The number of esters is 1. The van der Waals surface area contributed by atoms with E-state index in [1.165, 1.54) is 35.6 Å². The molecule has 0 aliphatic rings. The van der Waals surface area contributed by atoms with E-state index in [0.29, 0.717) is 11.3 Å². The van der Waals surface area contributed by atoms with Crippen LogP contribution in [-0.2, 0) is 16.1 Å². The number of aromatic nitrogens is 1. The molecular weight excluding hydrogens is 352 g/mol.